The number of halogens is 1. The molecule has 0 spiro atoms. The fraction of sp³-hybridized carbons (Fsp3) is 0.588. The number of ether oxygens (including phenoxy) is 1. The molecule has 1 aliphatic rings. The second-order valence-corrected chi connectivity index (χ2v) is 7.09. The Morgan fingerprint density at radius 2 is 1.87 bits per heavy atom. The molecule has 4 nitrogen and oxygen atoms in total. The molecule has 1 fully saturated rings. The van der Waals surface area contributed by atoms with Crippen molar-refractivity contribution < 1.29 is 45.4 Å². The van der Waals surface area contributed by atoms with Crippen LogP contribution < -0.4 is 5.32 Å². The van der Waals surface area contributed by atoms with E-state index in [4.69, 9.17) is 16.3 Å². The first kappa shape index (κ1) is 22.6. The third-order valence-electron chi connectivity index (χ3n) is 3.65. The van der Waals surface area contributed by atoms with Gasteiger partial charge in [-0.25, -0.2) is 11.2 Å². The van der Waals surface area contributed by atoms with Crippen molar-refractivity contribution in [2.24, 2.45) is 5.92 Å². The Labute approximate surface area is 167 Å². The third kappa shape index (κ3) is 6.57. The molecule has 0 aromatic carbocycles. The van der Waals surface area contributed by atoms with Crippen LogP contribution in [0.25, 0.3) is 0 Å². The summed E-state index contributed by atoms with van der Waals surface area (Å²) in [6.45, 7) is 10.7. The van der Waals surface area contributed by atoms with Crippen LogP contribution in [-0.2, 0) is 9.53 Å². The van der Waals surface area contributed by atoms with Crippen molar-refractivity contribution in [3.63, 3.8) is 0 Å². The number of alkyl carbamates (subject to hydrolysis) is 1. The van der Waals surface area contributed by atoms with E-state index in [1.165, 1.54) is 0 Å². The molecule has 0 saturated heterocycles. The van der Waals surface area contributed by atoms with Gasteiger partial charge in [0.25, 0.3) is 0 Å². The van der Waals surface area contributed by atoms with E-state index in [-0.39, 0.29) is 42.8 Å². The zero-order valence-electron chi connectivity index (χ0n) is 14.6. The quantitative estimate of drug-likeness (QED) is 0.403. The van der Waals surface area contributed by atoms with Crippen LogP contribution >= 0.6 is 11.6 Å². The van der Waals surface area contributed by atoms with Crippen LogP contribution in [0.3, 0.4) is 0 Å². The van der Waals surface area contributed by atoms with Crippen LogP contribution in [0.5, 0.6) is 0 Å². The van der Waals surface area contributed by atoms with Gasteiger partial charge in [0, 0.05) is 37.0 Å². The summed E-state index contributed by atoms with van der Waals surface area (Å²) in [5.41, 5.74) is -0.349. The second kappa shape index (κ2) is 8.65. The molecule has 2 atom stereocenters. The number of Topliss-reactive ketones (excluding diaryl/α,β-unsaturated/α-hetero) is 1. The average molecular weight is 565 g/mol. The first-order chi connectivity index (χ1) is 10.0. The Hall–Kier alpha value is -0.368. The normalized spacial score (nSPS) is 24.4. The number of carbonyl (C=O) groups excluding carboxylic acids is 2. The number of amides is 1. The SMILES string of the molecule is C[CH-]/C(Cl)=C\C=C(/C)[C@@]1(NC(=O)OC(C)(C)C)C[C@@H]1C(C)=O.[U]. The smallest absolute Gasteiger partial charge is 0.408 e. The van der Waals surface area contributed by atoms with Crippen molar-refractivity contribution in [2.75, 3.05) is 0 Å². The number of rotatable bonds is 5. The van der Waals surface area contributed by atoms with Gasteiger partial charge in [0.1, 0.15) is 11.4 Å². The molecule has 1 saturated carbocycles. The van der Waals surface area contributed by atoms with E-state index in [9.17, 15) is 9.59 Å². The van der Waals surface area contributed by atoms with E-state index in [1.54, 1.807) is 40.2 Å². The monoisotopic (exact) mass is 564 g/mol. The molecule has 0 aliphatic heterocycles. The fourth-order valence-corrected chi connectivity index (χ4v) is 2.42. The molecule has 1 N–H and O–H groups in total. The zero-order chi connectivity index (χ0) is 17.1. The van der Waals surface area contributed by atoms with Crippen LogP contribution in [0, 0.1) is 43.5 Å². The summed E-state index contributed by atoms with van der Waals surface area (Å²) in [6.07, 6.45) is 5.44. The van der Waals surface area contributed by atoms with Crippen LogP contribution in [0.2, 0.25) is 0 Å². The van der Waals surface area contributed by atoms with Crippen molar-refractivity contribution in [3.8, 4) is 0 Å². The summed E-state index contributed by atoms with van der Waals surface area (Å²) in [5.74, 6) is -0.157. The van der Waals surface area contributed by atoms with Gasteiger partial charge in [0.15, 0.2) is 0 Å². The molecule has 0 heterocycles. The van der Waals surface area contributed by atoms with Gasteiger partial charge in [0.05, 0.1) is 5.54 Å². The Kier molecular flexibility index (Phi) is 8.51. The maximum atomic E-state index is 12.1. The molecule has 128 valence electrons. The first-order valence-electron chi connectivity index (χ1n) is 7.37. The molecule has 0 unspecified atom stereocenters. The minimum atomic E-state index is -0.657. The van der Waals surface area contributed by atoms with Crippen LogP contribution in [0.15, 0.2) is 22.8 Å². The van der Waals surface area contributed by atoms with Gasteiger partial charge in [-0.1, -0.05) is 5.57 Å². The summed E-state index contributed by atoms with van der Waals surface area (Å²) in [4.78, 5) is 23.8. The molecular formula is C17H25ClNO3U-. The van der Waals surface area contributed by atoms with E-state index in [2.05, 4.69) is 5.32 Å². The van der Waals surface area contributed by atoms with Crippen molar-refractivity contribution >= 4 is 23.5 Å². The van der Waals surface area contributed by atoms with Crippen LogP contribution in [0.4, 0.5) is 4.79 Å². The zero-order valence-corrected chi connectivity index (χ0v) is 19.5. The Balaban J connectivity index is 0.00000484. The number of ketones is 1. The standard InChI is InChI=1S/C17H25ClNO3.U/c1-7-13(18)9-8-11(2)17(10-14(17)12(3)20)19-15(21)22-16(4,5)6;/h7-9,14H,10H2,1-6H3,(H,19,21);/q-1;/b11-8+,13-9+;/t14-,17+;/m1./s1. The summed E-state index contributed by atoms with van der Waals surface area (Å²) >= 11 is 5.95. The Morgan fingerprint density at radius 3 is 2.26 bits per heavy atom. The number of hydrogen-bond donors (Lipinski definition) is 1. The minimum absolute atomic E-state index is 0. The molecule has 0 aromatic heterocycles. The average Bonchev–Trinajstić information content (AvgIpc) is 3.08. The largest absolute Gasteiger partial charge is 0.444 e. The topological polar surface area (TPSA) is 55.4 Å². The van der Waals surface area contributed by atoms with Gasteiger partial charge in [-0.3, -0.25) is 4.79 Å². The second-order valence-electron chi connectivity index (χ2n) is 6.66. The van der Waals surface area contributed by atoms with E-state index in [1.807, 2.05) is 19.9 Å². The third-order valence-corrected chi connectivity index (χ3v) is 3.99. The molecule has 0 radical (unpaired) electrons. The Morgan fingerprint density at radius 1 is 1.30 bits per heavy atom. The van der Waals surface area contributed by atoms with Gasteiger partial charge in [-0.05, 0) is 41.0 Å². The minimum Gasteiger partial charge on any atom is -0.444 e. The van der Waals surface area contributed by atoms with Crippen molar-refractivity contribution in [1.29, 1.82) is 0 Å². The van der Waals surface area contributed by atoms with Crippen molar-refractivity contribution in [1.82, 2.24) is 5.32 Å². The van der Waals surface area contributed by atoms with E-state index < -0.39 is 17.2 Å². The van der Waals surface area contributed by atoms with E-state index in [0.29, 0.717) is 11.5 Å². The summed E-state index contributed by atoms with van der Waals surface area (Å²) in [7, 11) is 0. The van der Waals surface area contributed by atoms with Gasteiger partial charge in [0.2, 0.25) is 0 Å². The summed E-state index contributed by atoms with van der Waals surface area (Å²) in [5, 5.41) is 3.47. The van der Waals surface area contributed by atoms with Crippen LogP contribution in [-0.4, -0.2) is 23.0 Å². The predicted octanol–water partition coefficient (Wildman–Crippen LogP) is 4.15. The van der Waals surface area contributed by atoms with Gasteiger partial charge in [-0.15, -0.1) is 29.6 Å². The number of nitrogens with one attached hydrogen (secondary N) is 1. The van der Waals surface area contributed by atoms with E-state index in [0.717, 1.165) is 5.57 Å². The fourth-order valence-electron chi connectivity index (χ4n) is 2.36. The van der Waals surface area contributed by atoms with E-state index >= 15 is 0 Å². The molecule has 0 aromatic rings. The number of carbonyl (C=O) groups is 2. The molecule has 1 amide bonds. The maximum absolute atomic E-state index is 12.1. The number of hydrogen-bond acceptors (Lipinski definition) is 3. The summed E-state index contributed by atoms with van der Waals surface area (Å²) < 4.78 is 5.30. The molecule has 1 aliphatic carbocycles. The number of allylic oxidation sites excluding steroid dienone is 3. The molecule has 0 bridgehead atoms. The van der Waals surface area contributed by atoms with Gasteiger partial charge >= 0.3 is 6.09 Å². The summed E-state index contributed by atoms with van der Waals surface area (Å²) in [6, 6.07) is 0. The Bertz CT molecular complexity index is 522. The van der Waals surface area contributed by atoms with Crippen LogP contribution in [0.1, 0.15) is 48.0 Å². The molecule has 23 heavy (non-hydrogen) atoms. The van der Waals surface area contributed by atoms with Gasteiger partial charge in [-0.2, -0.15) is 6.08 Å². The van der Waals surface area contributed by atoms with Gasteiger partial charge < -0.3 is 10.1 Å². The van der Waals surface area contributed by atoms with Crippen molar-refractivity contribution in [3.05, 3.63) is 29.2 Å². The van der Waals surface area contributed by atoms with Crippen molar-refractivity contribution in [2.45, 2.75) is 59.1 Å². The molecular weight excluding hydrogens is 540 g/mol. The maximum Gasteiger partial charge on any atom is 0.408 e. The molecule has 6 heteroatoms. The molecule has 1 rings (SSSR count). The predicted molar refractivity (Wildman–Crippen MR) is 88.6 cm³/mol. The first-order valence-corrected chi connectivity index (χ1v) is 7.75.